The van der Waals surface area contributed by atoms with Crippen molar-refractivity contribution in [1.29, 1.82) is 0 Å². The predicted molar refractivity (Wildman–Crippen MR) is 72.9 cm³/mol. The van der Waals surface area contributed by atoms with E-state index in [0.29, 0.717) is 29.8 Å². The summed E-state index contributed by atoms with van der Waals surface area (Å²) < 4.78 is 17.5. The Hall–Kier alpha value is -2.70. The minimum atomic E-state index is 0.395. The Morgan fingerprint density at radius 2 is 2.00 bits per heavy atom. The monoisotopic (exact) mass is 274 g/mol. The van der Waals surface area contributed by atoms with Crippen molar-refractivity contribution in [1.82, 2.24) is 14.7 Å². The minimum absolute atomic E-state index is 0.395. The number of nitrogen functional groups attached to an aromatic ring is 1. The van der Waals surface area contributed by atoms with Crippen LogP contribution in [0.3, 0.4) is 0 Å². The average molecular weight is 274 g/mol. The molecule has 0 aliphatic rings. The zero-order chi connectivity index (χ0) is 14.1. The number of benzene rings is 1. The van der Waals surface area contributed by atoms with Crippen LogP contribution in [0.2, 0.25) is 0 Å². The maximum atomic E-state index is 5.96. The van der Waals surface area contributed by atoms with E-state index in [9.17, 15) is 0 Å². The van der Waals surface area contributed by atoms with Crippen molar-refractivity contribution in [2.75, 3.05) is 20.0 Å². The molecule has 2 heterocycles. The third-order valence-corrected chi connectivity index (χ3v) is 3.09. The SMILES string of the molecule is COc1cc2nc(N)n(Cc3ccno3)c2cc1OC. The first-order valence-electron chi connectivity index (χ1n) is 6.00. The summed E-state index contributed by atoms with van der Waals surface area (Å²) in [6, 6.07) is 5.42. The second-order valence-electron chi connectivity index (χ2n) is 4.23. The van der Waals surface area contributed by atoms with E-state index in [4.69, 9.17) is 19.7 Å². The summed E-state index contributed by atoms with van der Waals surface area (Å²) in [5.74, 6) is 2.33. The van der Waals surface area contributed by atoms with Gasteiger partial charge in [-0.2, -0.15) is 0 Å². The first-order chi connectivity index (χ1) is 9.72. The first kappa shape index (κ1) is 12.3. The van der Waals surface area contributed by atoms with Crippen LogP contribution >= 0.6 is 0 Å². The molecule has 1 aromatic carbocycles. The average Bonchev–Trinajstić information content (AvgIpc) is 3.06. The summed E-state index contributed by atoms with van der Waals surface area (Å²) in [5.41, 5.74) is 7.54. The highest BCUT2D eigenvalue weighted by Crippen LogP contribution is 2.33. The lowest BCUT2D eigenvalue weighted by Crippen LogP contribution is -2.04. The Labute approximate surface area is 114 Å². The van der Waals surface area contributed by atoms with E-state index in [-0.39, 0.29) is 0 Å². The zero-order valence-corrected chi connectivity index (χ0v) is 11.2. The van der Waals surface area contributed by atoms with Crippen molar-refractivity contribution < 1.29 is 14.0 Å². The summed E-state index contributed by atoms with van der Waals surface area (Å²) in [4.78, 5) is 4.32. The van der Waals surface area contributed by atoms with E-state index in [1.54, 1.807) is 32.5 Å². The molecule has 0 saturated heterocycles. The maximum Gasteiger partial charge on any atom is 0.201 e. The van der Waals surface area contributed by atoms with Gasteiger partial charge in [0, 0.05) is 18.2 Å². The van der Waals surface area contributed by atoms with E-state index in [1.165, 1.54) is 0 Å². The van der Waals surface area contributed by atoms with Gasteiger partial charge in [0.25, 0.3) is 0 Å². The summed E-state index contributed by atoms with van der Waals surface area (Å²) in [6.07, 6.45) is 1.59. The third kappa shape index (κ3) is 1.93. The van der Waals surface area contributed by atoms with Gasteiger partial charge in [0.2, 0.25) is 5.95 Å². The highest BCUT2D eigenvalue weighted by Gasteiger charge is 2.14. The molecule has 0 bridgehead atoms. The summed E-state index contributed by atoms with van der Waals surface area (Å²) >= 11 is 0. The molecular weight excluding hydrogens is 260 g/mol. The maximum absolute atomic E-state index is 5.96. The minimum Gasteiger partial charge on any atom is -0.493 e. The lowest BCUT2D eigenvalue weighted by Gasteiger charge is -2.08. The number of hydrogen-bond donors (Lipinski definition) is 1. The molecule has 2 aromatic heterocycles. The van der Waals surface area contributed by atoms with Crippen LogP contribution < -0.4 is 15.2 Å². The first-order valence-corrected chi connectivity index (χ1v) is 6.00. The molecule has 0 amide bonds. The Balaban J connectivity index is 2.14. The van der Waals surface area contributed by atoms with Crippen molar-refractivity contribution in [2.24, 2.45) is 0 Å². The second kappa shape index (κ2) is 4.76. The lowest BCUT2D eigenvalue weighted by molar-refractivity contribution is 0.355. The lowest BCUT2D eigenvalue weighted by atomic mass is 10.2. The molecule has 3 rings (SSSR count). The van der Waals surface area contributed by atoms with Gasteiger partial charge in [-0.05, 0) is 0 Å². The van der Waals surface area contributed by atoms with Gasteiger partial charge in [-0.25, -0.2) is 4.98 Å². The van der Waals surface area contributed by atoms with E-state index in [2.05, 4.69) is 10.1 Å². The van der Waals surface area contributed by atoms with Gasteiger partial charge in [0.15, 0.2) is 17.3 Å². The van der Waals surface area contributed by atoms with Gasteiger partial charge in [-0.15, -0.1) is 0 Å². The highest BCUT2D eigenvalue weighted by molar-refractivity contribution is 5.82. The molecule has 0 fully saturated rings. The molecule has 0 atom stereocenters. The number of imidazole rings is 1. The van der Waals surface area contributed by atoms with Gasteiger partial charge < -0.3 is 24.3 Å². The van der Waals surface area contributed by atoms with E-state index in [0.717, 1.165) is 11.0 Å². The quantitative estimate of drug-likeness (QED) is 0.778. The molecule has 104 valence electrons. The summed E-state index contributed by atoms with van der Waals surface area (Å²) in [5, 5.41) is 3.68. The molecular formula is C13H14N4O3. The molecule has 0 aliphatic carbocycles. The number of fused-ring (bicyclic) bond motifs is 1. The number of methoxy groups -OCH3 is 2. The molecule has 0 unspecified atom stereocenters. The fourth-order valence-corrected chi connectivity index (χ4v) is 2.12. The van der Waals surface area contributed by atoms with Crippen molar-refractivity contribution in [3.05, 3.63) is 30.2 Å². The third-order valence-electron chi connectivity index (χ3n) is 3.09. The number of aromatic nitrogens is 3. The van der Waals surface area contributed by atoms with Gasteiger partial charge in [0.05, 0.1) is 38.0 Å². The Morgan fingerprint density at radius 3 is 2.65 bits per heavy atom. The van der Waals surface area contributed by atoms with Crippen molar-refractivity contribution in [2.45, 2.75) is 6.54 Å². The van der Waals surface area contributed by atoms with E-state index >= 15 is 0 Å². The van der Waals surface area contributed by atoms with Crippen LogP contribution in [0.5, 0.6) is 11.5 Å². The fraction of sp³-hybridized carbons (Fsp3) is 0.231. The Bertz CT molecular complexity index is 734. The number of ether oxygens (including phenoxy) is 2. The van der Waals surface area contributed by atoms with Crippen LogP contribution in [0.15, 0.2) is 28.9 Å². The molecule has 0 saturated carbocycles. The number of rotatable bonds is 4. The Morgan fingerprint density at radius 1 is 1.25 bits per heavy atom. The predicted octanol–water partition coefficient (Wildman–Crippen LogP) is 1.67. The van der Waals surface area contributed by atoms with E-state index < -0.39 is 0 Å². The molecule has 0 spiro atoms. The van der Waals surface area contributed by atoms with Crippen molar-refractivity contribution >= 4 is 17.0 Å². The van der Waals surface area contributed by atoms with Gasteiger partial charge in [-0.1, -0.05) is 5.16 Å². The smallest absolute Gasteiger partial charge is 0.201 e. The molecule has 0 radical (unpaired) electrons. The molecule has 2 N–H and O–H groups in total. The normalized spacial score (nSPS) is 10.9. The van der Waals surface area contributed by atoms with Crippen LogP contribution in [0.25, 0.3) is 11.0 Å². The van der Waals surface area contributed by atoms with Crippen LogP contribution in [0.1, 0.15) is 5.76 Å². The second-order valence-corrected chi connectivity index (χ2v) is 4.23. The van der Waals surface area contributed by atoms with Crippen LogP contribution in [0.4, 0.5) is 5.95 Å². The number of anilines is 1. The van der Waals surface area contributed by atoms with Gasteiger partial charge >= 0.3 is 0 Å². The van der Waals surface area contributed by atoms with E-state index in [1.807, 2.05) is 10.6 Å². The fourth-order valence-electron chi connectivity index (χ4n) is 2.12. The molecule has 7 nitrogen and oxygen atoms in total. The van der Waals surface area contributed by atoms with Gasteiger partial charge in [0.1, 0.15) is 0 Å². The summed E-state index contributed by atoms with van der Waals surface area (Å²) in [6.45, 7) is 0.456. The molecule has 0 aliphatic heterocycles. The zero-order valence-electron chi connectivity index (χ0n) is 11.2. The highest BCUT2D eigenvalue weighted by atomic mass is 16.5. The number of nitrogens with zero attached hydrogens (tertiary/aromatic N) is 3. The topological polar surface area (TPSA) is 88.3 Å². The summed E-state index contributed by atoms with van der Waals surface area (Å²) in [7, 11) is 3.17. The standard InChI is InChI=1S/C13H14N4O3/c1-18-11-5-9-10(6-12(11)19-2)17(13(14)16-9)7-8-3-4-15-20-8/h3-6H,7H2,1-2H3,(H2,14,16). The molecule has 7 heteroatoms. The van der Waals surface area contributed by atoms with Crippen molar-refractivity contribution in [3.63, 3.8) is 0 Å². The number of hydrogen-bond acceptors (Lipinski definition) is 6. The molecule has 3 aromatic rings. The Kier molecular flexibility index (Phi) is 2.94. The van der Waals surface area contributed by atoms with Gasteiger partial charge in [-0.3, -0.25) is 0 Å². The molecule has 20 heavy (non-hydrogen) atoms. The van der Waals surface area contributed by atoms with Crippen LogP contribution in [-0.2, 0) is 6.54 Å². The van der Waals surface area contributed by atoms with Crippen LogP contribution in [-0.4, -0.2) is 28.9 Å². The van der Waals surface area contributed by atoms with Crippen molar-refractivity contribution in [3.8, 4) is 11.5 Å². The number of nitrogens with two attached hydrogens (primary N) is 1. The largest absolute Gasteiger partial charge is 0.493 e. The van der Waals surface area contributed by atoms with Crippen LogP contribution in [0, 0.1) is 0 Å².